The second-order valence-corrected chi connectivity index (χ2v) is 5.19. The van der Waals surface area contributed by atoms with Crippen LogP contribution in [-0.4, -0.2) is 15.8 Å². The molecule has 1 aromatic rings. The van der Waals surface area contributed by atoms with Crippen molar-refractivity contribution in [1.82, 2.24) is 10.2 Å². The normalized spacial score (nSPS) is 12.2. The third-order valence-electron chi connectivity index (χ3n) is 2.35. The Morgan fingerprint density at radius 2 is 1.94 bits per heavy atom. The van der Waals surface area contributed by atoms with Gasteiger partial charge in [0.25, 0.3) is 6.43 Å². The van der Waals surface area contributed by atoms with E-state index >= 15 is 0 Å². The SMILES string of the molecule is CCCc1nnc(C(F)F)cc1COC(C)(C)C. The minimum atomic E-state index is -2.60. The predicted molar refractivity (Wildman–Crippen MR) is 65.5 cm³/mol. The number of alkyl halides is 2. The third kappa shape index (κ3) is 4.64. The Morgan fingerprint density at radius 1 is 1.28 bits per heavy atom. The number of nitrogens with zero attached hydrogens (tertiary/aromatic N) is 2. The third-order valence-corrected chi connectivity index (χ3v) is 2.35. The monoisotopic (exact) mass is 258 g/mol. The van der Waals surface area contributed by atoms with Gasteiger partial charge in [-0.05, 0) is 33.3 Å². The smallest absolute Gasteiger partial charge is 0.282 e. The Morgan fingerprint density at radius 3 is 2.44 bits per heavy atom. The maximum Gasteiger partial charge on any atom is 0.282 e. The van der Waals surface area contributed by atoms with Crippen LogP contribution in [0.5, 0.6) is 0 Å². The zero-order valence-electron chi connectivity index (χ0n) is 11.3. The highest BCUT2D eigenvalue weighted by atomic mass is 19.3. The van der Waals surface area contributed by atoms with Crippen LogP contribution in [0.3, 0.4) is 0 Å². The highest BCUT2D eigenvalue weighted by Gasteiger charge is 2.16. The topological polar surface area (TPSA) is 35.0 Å². The lowest BCUT2D eigenvalue weighted by atomic mass is 10.1. The molecule has 1 aromatic heterocycles. The molecular formula is C13H20F2N2O. The van der Waals surface area contributed by atoms with E-state index in [1.165, 1.54) is 6.07 Å². The first kappa shape index (κ1) is 15.0. The molecule has 3 nitrogen and oxygen atoms in total. The quantitative estimate of drug-likeness (QED) is 0.808. The van der Waals surface area contributed by atoms with Crippen LogP contribution in [0.2, 0.25) is 0 Å². The van der Waals surface area contributed by atoms with Crippen LogP contribution in [0.1, 0.15) is 57.5 Å². The number of aromatic nitrogens is 2. The van der Waals surface area contributed by atoms with Crippen LogP contribution in [0.15, 0.2) is 6.07 Å². The number of rotatable bonds is 5. The molecule has 0 atom stereocenters. The molecule has 1 heterocycles. The van der Waals surface area contributed by atoms with Crippen LogP contribution >= 0.6 is 0 Å². The van der Waals surface area contributed by atoms with Crippen molar-refractivity contribution in [3.8, 4) is 0 Å². The molecule has 5 heteroatoms. The molecule has 18 heavy (non-hydrogen) atoms. The van der Waals surface area contributed by atoms with E-state index in [1.807, 2.05) is 27.7 Å². The predicted octanol–water partition coefficient (Wildman–Crippen LogP) is 3.68. The lowest BCUT2D eigenvalue weighted by molar-refractivity contribution is -0.0155. The molecule has 0 aromatic carbocycles. The Labute approximate surface area is 107 Å². The molecule has 0 spiro atoms. The summed E-state index contributed by atoms with van der Waals surface area (Å²) in [5.41, 5.74) is 0.850. The molecule has 0 N–H and O–H groups in total. The zero-order valence-corrected chi connectivity index (χ0v) is 11.3. The number of ether oxygens (including phenoxy) is 1. The van der Waals surface area contributed by atoms with Crippen LogP contribution in [0, 0.1) is 0 Å². The van der Waals surface area contributed by atoms with E-state index in [9.17, 15) is 8.78 Å². The summed E-state index contributed by atoms with van der Waals surface area (Å²) in [4.78, 5) is 0. The van der Waals surface area contributed by atoms with Crippen LogP contribution in [0.25, 0.3) is 0 Å². The van der Waals surface area contributed by atoms with E-state index < -0.39 is 6.43 Å². The average Bonchev–Trinajstić information content (AvgIpc) is 2.26. The highest BCUT2D eigenvalue weighted by molar-refractivity contribution is 5.21. The van der Waals surface area contributed by atoms with E-state index in [1.54, 1.807) is 0 Å². The number of halogens is 2. The maximum atomic E-state index is 12.6. The molecule has 0 saturated carbocycles. The van der Waals surface area contributed by atoms with Crippen molar-refractivity contribution in [3.05, 3.63) is 23.0 Å². The zero-order chi connectivity index (χ0) is 13.8. The first-order valence-electron chi connectivity index (χ1n) is 6.11. The van der Waals surface area contributed by atoms with Gasteiger partial charge in [-0.15, -0.1) is 5.10 Å². The van der Waals surface area contributed by atoms with E-state index in [-0.39, 0.29) is 17.9 Å². The Kier molecular flexibility index (Phi) is 5.14. The van der Waals surface area contributed by atoms with Gasteiger partial charge in [0, 0.05) is 5.56 Å². The fraction of sp³-hybridized carbons (Fsp3) is 0.692. The summed E-state index contributed by atoms with van der Waals surface area (Å²) < 4.78 is 30.8. The average molecular weight is 258 g/mol. The van der Waals surface area contributed by atoms with Crippen LogP contribution in [0.4, 0.5) is 8.78 Å². The van der Waals surface area contributed by atoms with Crippen LogP contribution in [-0.2, 0) is 17.8 Å². The summed E-state index contributed by atoms with van der Waals surface area (Å²) in [7, 11) is 0. The van der Waals surface area contributed by atoms with Crippen molar-refractivity contribution in [2.45, 2.75) is 59.2 Å². The molecule has 102 valence electrons. The first-order valence-corrected chi connectivity index (χ1v) is 6.11. The van der Waals surface area contributed by atoms with Gasteiger partial charge >= 0.3 is 0 Å². The van der Waals surface area contributed by atoms with Gasteiger partial charge in [0.15, 0.2) is 0 Å². The standard InChI is InChI=1S/C13H20F2N2O/c1-5-6-10-9(8-18-13(2,3)4)7-11(12(14)15)17-16-10/h7,12H,5-6,8H2,1-4H3. The molecule has 0 aliphatic carbocycles. The minimum absolute atomic E-state index is 0.286. The Bertz CT molecular complexity index is 389. The van der Waals surface area contributed by atoms with Crippen molar-refractivity contribution in [2.75, 3.05) is 0 Å². The van der Waals surface area contributed by atoms with Gasteiger partial charge in [-0.2, -0.15) is 5.10 Å². The summed E-state index contributed by atoms with van der Waals surface area (Å²) in [5, 5.41) is 7.43. The molecule has 0 aliphatic rings. The second kappa shape index (κ2) is 6.18. The lowest BCUT2D eigenvalue weighted by Crippen LogP contribution is -2.19. The summed E-state index contributed by atoms with van der Waals surface area (Å²) in [6.45, 7) is 8.07. The largest absolute Gasteiger partial charge is 0.371 e. The number of hydrogen-bond acceptors (Lipinski definition) is 3. The highest BCUT2D eigenvalue weighted by Crippen LogP contribution is 2.20. The second-order valence-electron chi connectivity index (χ2n) is 5.19. The van der Waals surface area contributed by atoms with Crippen molar-refractivity contribution in [3.63, 3.8) is 0 Å². The molecule has 0 fully saturated rings. The Hall–Kier alpha value is -1.10. The number of aryl methyl sites for hydroxylation is 1. The van der Waals surface area contributed by atoms with Crippen molar-refractivity contribution >= 4 is 0 Å². The van der Waals surface area contributed by atoms with Crippen LogP contribution < -0.4 is 0 Å². The Balaban J connectivity index is 2.92. The van der Waals surface area contributed by atoms with Gasteiger partial charge in [0.05, 0.1) is 17.9 Å². The maximum absolute atomic E-state index is 12.6. The van der Waals surface area contributed by atoms with Gasteiger partial charge in [-0.25, -0.2) is 8.78 Å². The minimum Gasteiger partial charge on any atom is -0.371 e. The fourth-order valence-corrected chi connectivity index (χ4v) is 1.45. The van der Waals surface area contributed by atoms with E-state index in [2.05, 4.69) is 10.2 Å². The number of hydrogen-bond donors (Lipinski definition) is 0. The molecule has 0 unspecified atom stereocenters. The van der Waals surface area contributed by atoms with Crippen molar-refractivity contribution in [1.29, 1.82) is 0 Å². The molecule has 0 aliphatic heterocycles. The molecule has 0 amide bonds. The lowest BCUT2D eigenvalue weighted by Gasteiger charge is -2.20. The molecular weight excluding hydrogens is 238 g/mol. The van der Waals surface area contributed by atoms with Crippen molar-refractivity contribution in [2.24, 2.45) is 0 Å². The summed E-state index contributed by atoms with van der Waals surface area (Å²) in [5.74, 6) is 0. The van der Waals surface area contributed by atoms with Gasteiger partial charge in [-0.3, -0.25) is 0 Å². The van der Waals surface area contributed by atoms with Gasteiger partial charge in [-0.1, -0.05) is 13.3 Å². The molecule has 0 bridgehead atoms. The van der Waals surface area contributed by atoms with Gasteiger partial charge < -0.3 is 4.74 Å². The van der Waals surface area contributed by atoms with E-state index in [4.69, 9.17) is 4.74 Å². The first-order chi connectivity index (χ1) is 8.33. The van der Waals surface area contributed by atoms with Gasteiger partial charge in [0.1, 0.15) is 5.69 Å². The summed E-state index contributed by atoms with van der Waals surface area (Å²) >= 11 is 0. The van der Waals surface area contributed by atoms with E-state index in [0.717, 1.165) is 18.5 Å². The summed E-state index contributed by atoms with van der Waals surface area (Å²) in [6, 6.07) is 1.40. The summed E-state index contributed by atoms with van der Waals surface area (Å²) in [6.07, 6.45) is -0.980. The van der Waals surface area contributed by atoms with E-state index in [0.29, 0.717) is 5.56 Å². The van der Waals surface area contributed by atoms with Crippen molar-refractivity contribution < 1.29 is 13.5 Å². The molecule has 0 saturated heterocycles. The molecule has 1 rings (SSSR count). The van der Waals surface area contributed by atoms with Gasteiger partial charge in [0.2, 0.25) is 0 Å². The fourth-order valence-electron chi connectivity index (χ4n) is 1.45. The molecule has 0 radical (unpaired) electrons.